The van der Waals surface area contributed by atoms with Crippen LogP contribution in [0.3, 0.4) is 0 Å². The molecule has 1 amide bonds. The second-order valence-corrected chi connectivity index (χ2v) is 6.23. The van der Waals surface area contributed by atoms with Crippen LogP contribution in [0.5, 0.6) is 0 Å². The number of halogens is 2. The highest BCUT2D eigenvalue weighted by atomic mass is 79.9. The Morgan fingerprint density at radius 1 is 1.26 bits per heavy atom. The Labute approximate surface area is 140 Å². The summed E-state index contributed by atoms with van der Waals surface area (Å²) >= 11 is 3.26. The molecule has 0 aliphatic heterocycles. The fourth-order valence-electron chi connectivity index (χ4n) is 2.83. The van der Waals surface area contributed by atoms with Gasteiger partial charge in [-0.15, -0.1) is 0 Å². The van der Waals surface area contributed by atoms with Crippen LogP contribution in [0.15, 0.2) is 40.9 Å². The van der Waals surface area contributed by atoms with Crippen molar-refractivity contribution in [3.8, 4) is 0 Å². The van der Waals surface area contributed by atoms with E-state index in [1.54, 1.807) is 12.1 Å². The molecule has 1 aliphatic carbocycles. The van der Waals surface area contributed by atoms with Crippen molar-refractivity contribution in [3.05, 3.63) is 68.9 Å². The van der Waals surface area contributed by atoms with Crippen molar-refractivity contribution >= 4 is 27.8 Å². The molecule has 118 valence electrons. The van der Waals surface area contributed by atoms with Crippen LogP contribution in [0.1, 0.15) is 44.3 Å². The van der Waals surface area contributed by atoms with Gasteiger partial charge in [-0.3, -0.25) is 4.79 Å². The van der Waals surface area contributed by atoms with E-state index in [1.807, 2.05) is 0 Å². The molecule has 0 spiro atoms. The average molecular weight is 378 g/mol. The third-order valence-corrected chi connectivity index (χ3v) is 4.67. The molecule has 2 N–H and O–H groups in total. The van der Waals surface area contributed by atoms with E-state index in [-0.39, 0.29) is 28.9 Å². The highest BCUT2D eigenvalue weighted by Crippen LogP contribution is 2.33. The molecule has 3 rings (SSSR count). The van der Waals surface area contributed by atoms with Gasteiger partial charge in [0.25, 0.3) is 5.91 Å². The molecule has 23 heavy (non-hydrogen) atoms. The zero-order valence-corrected chi connectivity index (χ0v) is 13.6. The maximum Gasteiger partial charge on any atom is 0.335 e. The number of fused-ring (bicyclic) bond motifs is 1. The van der Waals surface area contributed by atoms with Gasteiger partial charge in [0.2, 0.25) is 0 Å². The average Bonchev–Trinajstić information content (AvgIpc) is 2.92. The van der Waals surface area contributed by atoms with Crippen molar-refractivity contribution in [1.82, 2.24) is 5.32 Å². The third kappa shape index (κ3) is 2.99. The second-order valence-electron chi connectivity index (χ2n) is 5.37. The Kier molecular flexibility index (Phi) is 4.17. The zero-order chi connectivity index (χ0) is 16.6. The van der Waals surface area contributed by atoms with Crippen molar-refractivity contribution in [1.29, 1.82) is 0 Å². The maximum absolute atomic E-state index is 13.7. The molecular formula is C17H13BrFNO3. The Morgan fingerprint density at radius 2 is 2.04 bits per heavy atom. The van der Waals surface area contributed by atoms with Gasteiger partial charge in [-0.2, -0.15) is 0 Å². The van der Waals surface area contributed by atoms with E-state index >= 15 is 0 Å². The monoisotopic (exact) mass is 377 g/mol. The zero-order valence-electron chi connectivity index (χ0n) is 12.0. The van der Waals surface area contributed by atoms with E-state index in [2.05, 4.69) is 21.2 Å². The second kappa shape index (κ2) is 6.12. The number of carboxylic acids is 1. The molecular weight excluding hydrogens is 365 g/mol. The summed E-state index contributed by atoms with van der Waals surface area (Å²) in [5.41, 5.74) is 1.70. The standard InChI is InChI=1S/C17H13BrFNO3/c18-13-6-4-9(17(22)23)8-12(13)16(21)20-15-7-5-10-11(15)2-1-3-14(10)19/h1-4,6,8,15H,5,7H2,(H,20,21)(H,22,23). The van der Waals surface area contributed by atoms with Crippen molar-refractivity contribution in [2.75, 3.05) is 0 Å². The number of carbonyl (C=O) groups excluding carboxylic acids is 1. The summed E-state index contributed by atoms with van der Waals surface area (Å²) in [5.74, 6) is -1.74. The van der Waals surface area contributed by atoms with Crippen LogP contribution in [0.4, 0.5) is 4.39 Å². The lowest BCUT2D eigenvalue weighted by molar-refractivity contribution is 0.0697. The first kappa shape index (κ1) is 15.7. The number of amides is 1. The van der Waals surface area contributed by atoms with Crippen molar-refractivity contribution in [2.45, 2.75) is 18.9 Å². The van der Waals surface area contributed by atoms with Gasteiger partial charge in [0.1, 0.15) is 5.82 Å². The lowest BCUT2D eigenvalue weighted by Gasteiger charge is -2.15. The SMILES string of the molecule is O=C(O)c1ccc(Br)c(C(=O)NC2CCc3c(F)cccc32)c1. The topological polar surface area (TPSA) is 66.4 Å². The van der Waals surface area contributed by atoms with Gasteiger partial charge >= 0.3 is 5.97 Å². The van der Waals surface area contributed by atoms with Crippen LogP contribution in [-0.4, -0.2) is 17.0 Å². The molecule has 1 aliphatic rings. The molecule has 6 heteroatoms. The smallest absolute Gasteiger partial charge is 0.335 e. The van der Waals surface area contributed by atoms with Crippen LogP contribution < -0.4 is 5.32 Å². The van der Waals surface area contributed by atoms with E-state index in [9.17, 15) is 14.0 Å². The Morgan fingerprint density at radius 3 is 2.78 bits per heavy atom. The van der Waals surface area contributed by atoms with E-state index < -0.39 is 5.97 Å². The quantitative estimate of drug-likeness (QED) is 0.856. The summed E-state index contributed by atoms with van der Waals surface area (Å²) in [4.78, 5) is 23.5. The fraction of sp³-hybridized carbons (Fsp3) is 0.176. The number of carbonyl (C=O) groups is 2. The van der Waals surface area contributed by atoms with Gasteiger partial charge in [0.15, 0.2) is 0 Å². The molecule has 0 saturated carbocycles. The minimum Gasteiger partial charge on any atom is -0.478 e. The number of rotatable bonds is 3. The maximum atomic E-state index is 13.7. The highest BCUT2D eigenvalue weighted by molar-refractivity contribution is 9.10. The lowest BCUT2D eigenvalue weighted by Crippen LogP contribution is -2.27. The highest BCUT2D eigenvalue weighted by Gasteiger charge is 2.27. The van der Waals surface area contributed by atoms with Crippen molar-refractivity contribution < 1.29 is 19.1 Å². The van der Waals surface area contributed by atoms with Gasteiger partial charge in [-0.1, -0.05) is 12.1 Å². The fourth-order valence-corrected chi connectivity index (χ4v) is 3.25. The van der Waals surface area contributed by atoms with E-state index in [0.29, 0.717) is 22.9 Å². The predicted molar refractivity (Wildman–Crippen MR) is 86.0 cm³/mol. The Balaban J connectivity index is 1.86. The number of hydrogen-bond acceptors (Lipinski definition) is 2. The van der Waals surface area contributed by atoms with Crippen molar-refractivity contribution in [3.63, 3.8) is 0 Å². The van der Waals surface area contributed by atoms with Crippen LogP contribution in [0.2, 0.25) is 0 Å². The molecule has 0 radical (unpaired) electrons. The van der Waals surface area contributed by atoms with E-state index in [4.69, 9.17) is 5.11 Å². The van der Waals surface area contributed by atoms with Crippen LogP contribution >= 0.6 is 15.9 Å². The first-order valence-corrected chi connectivity index (χ1v) is 7.87. The molecule has 0 heterocycles. The summed E-state index contributed by atoms with van der Waals surface area (Å²) in [6.45, 7) is 0. The van der Waals surface area contributed by atoms with Crippen LogP contribution in [-0.2, 0) is 6.42 Å². The minimum atomic E-state index is -1.10. The normalized spacial score (nSPS) is 16.0. The van der Waals surface area contributed by atoms with Crippen LogP contribution in [0.25, 0.3) is 0 Å². The van der Waals surface area contributed by atoms with Gasteiger partial charge in [-0.05, 0) is 64.2 Å². The summed E-state index contributed by atoms with van der Waals surface area (Å²) in [7, 11) is 0. The molecule has 0 fully saturated rings. The summed E-state index contributed by atoms with van der Waals surface area (Å²) < 4.78 is 14.3. The van der Waals surface area contributed by atoms with E-state index in [1.165, 1.54) is 24.3 Å². The number of hydrogen-bond donors (Lipinski definition) is 2. The predicted octanol–water partition coefficient (Wildman–Crippen LogP) is 3.70. The largest absolute Gasteiger partial charge is 0.478 e. The van der Waals surface area contributed by atoms with Crippen molar-refractivity contribution in [2.24, 2.45) is 0 Å². The first-order chi connectivity index (χ1) is 11.0. The summed E-state index contributed by atoms with van der Waals surface area (Å²) in [6, 6.07) is 8.84. The Bertz CT molecular complexity index is 806. The van der Waals surface area contributed by atoms with Gasteiger partial charge in [0, 0.05) is 4.47 Å². The van der Waals surface area contributed by atoms with Gasteiger partial charge in [0.05, 0.1) is 17.2 Å². The number of aromatic carboxylic acids is 1. The minimum absolute atomic E-state index is 0.0382. The Hall–Kier alpha value is -2.21. The molecule has 0 aromatic heterocycles. The summed E-state index contributed by atoms with van der Waals surface area (Å²) in [5, 5.41) is 11.9. The molecule has 1 unspecified atom stereocenters. The lowest BCUT2D eigenvalue weighted by atomic mass is 10.1. The van der Waals surface area contributed by atoms with E-state index in [0.717, 1.165) is 5.56 Å². The molecule has 0 saturated heterocycles. The molecule has 1 atom stereocenters. The number of carboxylic acid groups (broad SMARTS) is 1. The molecule has 2 aromatic carbocycles. The van der Waals surface area contributed by atoms with Gasteiger partial charge < -0.3 is 10.4 Å². The molecule has 0 bridgehead atoms. The number of benzene rings is 2. The van der Waals surface area contributed by atoms with Gasteiger partial charge in [-0.25, -0.2) is 9.18 Å². The summed E-state index contributed by atoms with van der Waals surface area (Å²) in [6.07, 6.45) is 1.20. The molecule has 4 nitrogen and oxygen atoms in total. The molecule has 2 aromatic rings. The van der Waals surface area contributed by atoms with Crippen LogP contribution in [0, 0.1) is 5.82 Å². The number of nitrogens with one attached hydrogen (secondary N) is 1. The first-order valence-electron chi connectivity index (χ1n) is 7.08. The third-order valence-electron chi connectivity index (χ3n) is 3.98.